The summed E-state index contributed by atoms with van der Waals surface area (Å²) in [7, 11) is 0. The number of para-hydroxylation sites is 1. The largest absolute Gasteiger partial charge is 0.389 e. The molecule has 2 unspecified atom stereocenters. The van der Waals surface area contributed by atoms with Gasteiger partial charge in [0.05, 0.1) is 17.5 Å². The fraction of sp³-hybridized carbons (Fsp3) is 0.471. The van der Waals surface area contributed by atoms with Crippen molar-refractivity contribution >= 4 is 0 Å². The van der Waals surface area contributed by atoms with Crippen molar-refractivity contribution in [1.29, 1.82) is 0 Å². The van der Waals surface area contributed by atoms with Crippen LogP contribution in [0.2, 0.25) is 0 Å². The summed E-state index contributed by atoms with van der Waals surface area (Å²) in [6.07, 6.45) is 5.69. The summed E-state index contributed by atoms with van der Waals surface area (Å²) in [6, 6.07) is 10.2. The van der Waals surface area contributed by atoms with Gasteiger partial charge in [-0.2, -0.15) is 5.10 Å². The first kappa shape index (κ1) is 15.7. The summed E-state index contributed by atoms with van der Waals surface area (Å²) >= 11 is 0. The minimum absolute atomic E-state index is 0.158. The van der Waals surface area contributed by atoms with Crippen LogP contribution in [0, 0.1) is 0 Å². The van der Waals surface area contributed by atoms with Gasteiger partial charge in [0.15, 0.2) is 0 Å². The van der Waals surface area contributed by atoms with Crippen molar-refractivity contribution in [2.75, 3.05) is 6.54 Å². The molecule has 0 bridgehead atoms. The monoisotopic (exact) mass is 287 g/mol. The van der Waals surface area contributed by atoms with Gasteiger partial charge in [0, 0.05) is 24.3 Å². The molecule has 2 N–H and O–H groups in total. The molecule has 0 aliphatic rings. The fourth-order valence-corrected chi connectivity index (χ4v) is 2.40. The van der Waals surface area contributed by atoms with Crippen molar-refractivity contribution in [2.24, 2.45) is 0 Å². The number of hydrogen-bond donors (Lipinski definition) is 2. The van der Waals surface area contributed by atoms with E-state index < -0.39 is 5.60 Å². The molecule has 0 spiro atoms. The van der Waals surface area contributed by atoms with Crippen LogP contribution >= 0.6 is 0 Å². The molecule has 2 rings (SSSR count). The molecule has 1 heterocycles. The Bertz CT molecular complexity index is 548. The molecule has 114 valence electrons. The van der Waals surface area contributed by atoms with Gasteiger partial charge >= 0.3 is 0 Å². The van der Waals surface area contributed by atoms with Gasteiger partial charge in [-0.25, -0.2) is 4.68 Å². The lowest BCUT2D eigenvalue weighted by atomic mass is 10.00. The van der Waals surface area contributed by atoms with E-state index in [9.17, 15) is 5.11 Å². The highest BCUT2D eigenvalue weighted by Crippen LogP contribution is 2.16. The van der Waals surface area contributed by atoms with Gasteiger partial charge in [-0.15, -0.1) is 0 Å². The zero-order chi connectivity index (χ0) is 15.3. The average Bonchev–Trinajstić information content (AvgIpc) is 2.96. The van der Waals surface area contributed by atoms with Gasteiger partial charge in [-0.05, 0) is 32.4 Å². The summed E-state index contributed by atoms with van der Waals surface area (Å²) in [5.74, 6) is 0. The van der Waals surface area contributed by atoms with Crippen LogP contribution in [0.25, 0.3) is 5.69 Å². The summed E-state index contributed by atoms with van der Waals surface area (Å²) in [6.45, 7) is 6.64. The maximum Gasteiger partial charge on any atom is 0.0743 e. The Morgan fingerprint density at radius 2 is 2.05 bits per heavy atom. The summed E-state index contributed by atoms with van der Waals surface area (Å²) < 4.78 is 1.87. The van der Waals surface area contributed by atoms with E-state index in [4.69, 9.17) is 0 Å². The van der Waals surface area contributed by atoms with Crippen LogP contribution in [0.4, 0.5) is 0 Å². The van der Waals surface area contributed by atoms with Gasteiger partial charge in [0.25, 0.3) is 0 Å². The Morgan fingerprint density at radius 1 is 1.33 bits per heavy atom. The molecular weight excluding hydrogens is 262 g/mol. The molecule has 0 saturated carbocycles. The molecule has 1 aromatic heterocycles. The SMILES string of the molecule is CCCC(C)(O)CNC(C)c1cnn(-c2ccccc2)c1. The average molecular weight is 287 g/mol. The van der Waals surface area contributed by atoms with E-state index in [-0.39, 0.29) is 6.04 Å². The summed E-state index contributed by atoms with van der Waals surface area (Å²) in [5.41, 5.74) is 1.51. The highest BCUT2D eigenvalue weighted by molar-refractivity contribution is 5.31. The number of aromatic nitrogens is 2. The molecule has 0 fully saturated rings. The standard InChI is InChI=1S/C17H25N3O/c1-4-10-17(3,21)13-18-14(2)15-11-19-20(12-15)16-8-6-5-7-9-16/h5-9,11-12,14,18,21H,4,10,13H2,1-3H3. The second-order valence-electron chi connectivity index (χ2n) is 5.90. The molecule has 1 aromatic carbocycles. The summed E-state index contributed by atoms with van der Waals surface area (Å²) in [5, 5.41) is 18.0. The van der Waals surface area contributed by atoms with Crippen LogP contribution in [-0.2, 0) is 0 Å². The third kappa shape index (κ3) is 4.41. The number of aliphatic hydroxyl groups is 1. The van der Waals surface area contributed by atoms with Crippen LogP contribution in [0.3, 0.4) is 0 Å². The van der Waals surface area contributed by atoms with Crippen molar-refractivity contribution in [2.45, 2.75) is 45.3 Å². The zero-order valence-electron chi connectivity index (χ0n) is 13.1. The van der Waals surface area contributed by atoms with Crippen LogP contribution in [-0.4, -0.2) is 27.0 Å². The molecule has 0 aliphatic carbocycles. The molecule has 2 atom stereocenters. The Kier molecular flexibility index (Phi) is 5.15. The lowest BCUT2D eigenvalue weighted by molar-refractivity contribution is 0.0476. The zero-order valence-corrected chi connectivity index (χ0v) is 13.1. The minimum Gasteiger partial charge on any atom is -0.389 e. The number of nitrogens with one attached hydrogen (secondary N) is 1. The second kappa shape index (κ2) is 6.87. The Labute approximate surface area is 126 Å². The van der Waals surface area contributed by atoms with Crippen LogP contribution in [0.5, 0.6) is 0 Å². The Morgan fingerprint density at radius 3 is 2.71 bits per heavy atom. The van der Waals surface area contributed by atoms with Gasteiger partial charge in [0.1, 0.15) is 0 Å². The van der Waals surface area contributed by atoms with Gasteiger partial charge < -0.3 is 10.4 Å². The van der Waals surface area contributed by atoms with Crippen LogP contribution in [0.15, 0.2) is 42.7 Å². The lowest BCUT2D eigenvalue weighted by Crippen LogP contribution is -2.38. The highest BCUT2D eigenvalue weighted by Gasteiger charge is 2.20. The topological polar surface area (TPSA) is 50.1 Å². The normalized spacial score (nSPS) is 15.6. The number of hydrogen-bond acceptors (Lipinski definition) is 3. The number of rotatable bonds is 7. The molecule has 2 aromatic rings. The molecular formula is C17H25N3O. The van der Waals surface area contributed by atoms with Gasteiger partial charge in [0.2, 0.25) is 0 Å². The first-order chi connectivity index (χ1) is 10.0. The van der Waals surface area contributed by atoms with E-state index in [1.165, 1.54) is 0 Å². The second-order valence-corrected chi connectivity index (χ2v) is 5.90. The van der Waals surface area contributed by atoms with Crippen LogP contribution in [0.1, 0.15) is 45.2 Å². The predicted molar refractivity (Wildman–Crippen MR) is 85.5 cm³/mol. The van der Waals surface area contributed by atoms with E-state index in [0.29, 0.717) is 6.54 Å². The van der Waals surface area contributed by atoms with Gasteiger partial charge in [-0.1, -0.05) is 31.5 Å². The predicted octanol–water partition coefficient (Wildman–Crippen LogP) is 3.07. The third-order valence-corrected chi connectivity index (χ3v) is 3.70. The first-order valence-corrected chi connectivity index (χ1v) is 7.57. The fourth-order valence-electron chi connectivity index (χ4n) is 2.40. The molecule has 4 nitrogen and oxygen atoms in total. The highest BCUT2D eigenvalue weighted by atomic mass is 16.3. The lowest BCUT2D eigenvalue weighted by Gasteiger charge is -2.25. The van der Waals surface area contributed by atoms with Crippen molar-refractivity contribution in [3.8, 4) is 5.69 Å². The quantitative estimate of drug-likeness (QED) is 0.823. The van der Waals surface area contributed by atoms with Crippen molar-refractivity contribution < 1.29 is 5.11 Å². The van der Waals surface area contributed by atoms with Crippen molar-refractivity contribution in [3.05, 3.63) is 48.3 Å². The van der Waals surface area contributed by atoms with E-state index in [2.05, 4.69) is 24.3 Å². The van der Waals surface area contributed by atoms with Crippen molar-refractivity contribution in [3.63, 3.8) is 0 Å². The minimum atomic E-state index is -0.654. The maximum absolute atomic E-state index is 10.2. The molecule has 0 radical (unpaired) electrons. The third-order valence-electron chi connectivity index (χ3n) is 3.70. The smallest absolute Gasteiger partial charge is 0.0743 e. The van der Waals surface area contributed by atoms with E-state index >= 15 is 0 Å². The molecule has 0 amide bonds. The Hall–Kier alpha value is -1.65. The summed E-state index contributed by atoms with van der Waals surface area (Å²) in [4.78, 5) is 0. The molecule has 4 heteroatoms. The number of nitrogens with zero attached hydrogens (tertiary/aromatic N) is 2. The van der Waals surface area contributed by atoms with E-state index in [0.717, 1.165) is 24.1 Å². The Balaban J connectivity index is 1.98. The van der Waals surface area contributed by atoms with E-state index in [1.807, 2.05) is 54.3 Å². The molecule has 21 heavy (non-hydrogen) atoms. The van der Waals surface area contributed by atoms with Crippen LogP contribution < -0.4 is 5.32 Å². The van der Waals surface area contributed by atoms with Gasteiger partial charge in [-0.3, -0.25) is 0 Å². The van der Waals surface area contributed by atoms with E-state index in [1.54, 1.807) is 0 Å². The number of benzene rings is 1. The maximum atomic E-state index is 10.2. The van der Waals surface area contributed by atoms with Crippen molar-refractivity contribution in [1.82, 2.24) is 15.1 Å². The molecule has 0 aliphatic heterocycles. The molecule has 0 saturated heterocycles. The first-order valence-electron chi connectivity index (χ1n) is 7.57.